The van der Waals surface area contributed by atoms with Crippen molar-refractivity contribution >= 4 is 17.6 Å². The number of halogens is 1. The van der Waals surface area contributed by atoms with E-state index in [2.05, 4.69) is 15.6 Å². The highest BCUT2D eigenvalue weighted by molar-refractivity contribution is 5.95. The lowest BCUT2D eigenvalue weighted by molar-refractivity contribution is -0.117. The molecule has 1 fully saturated rings. The number of aliphatic imine (C=N–C) groups is 1. The number of rotatable bonds is 6. The number of guanidine groups is 1. The van der Waals surface area contributed by atoms with Gasteiger partial charge < -0.3 is 15.5 Å². The van der Waals surface area contributed by atoms with Crippen LogP contribution in [0.25, 0.3) is 0 Å². The predicted octanol–water partition coefficient (Wildman–Crippen LogP) is 3.08. The Labute approximate surface area is 170 Å². The van der Waals surface area contributed by atoms with Crippen molar-refractivity contribution in [3.05, 3.63) is 65.0 Å². The molecular weight excluding hydrogens is 369 g/mol. The van der Waals surface area contributed by atoms with Gasteiger partial charge in [0.25, 0.3) is 0 Å². The van der Waals surface area contributed by atoms with Crippen LogP contribution in [-0.2, 0) is 17.9 Å². The van der Waals surface area contributed by atoms with Gasteiger partial charge in [0, 0.05) is 37.3 Å². The first kappa shape index (κ1) is 20.3. The van der Waals surface area contributed by atoms with Crippen molar-refractivity contribution in [3.63, 3.8) is 0 Å². The minimum absolute atomic E-state index is 0.169. The predicted molar refractivity (Wildman–Crippen MR) is 111 cm³/mol. The standard InChI is InChI=1S/C22H24FN5O/c1-2-25-22(27-15-18-12-17(13-24)7-10-20(18)23)26-14-16-5-8-19(9-6-16)28-11-3-4-21(28)29/h5-10,12H,2-4,11,14-15H2,1H3,(H2,25,26,27). The topological polar surface area (TPSA) is 80.5 Å². The summed E-state index contributed by atoms with van der Waals surface area (Å²) in [7, 11) is 0. The Morgan fingerprint density at radius 3 is 2.69 bits per heavy atom. The fourth-order valence-corrected chi connectivity index (χ4v) is 3.17. The van der Waals surface area contributed by atoms with Crippen molar-refractivity contribution in [2.45, 2.75) is 32.9 Å². The van der Waals surface area contributed by atoms with Crippen LogP contribution in [0.2, 0.25) is 0 Å². The first-order chi connectivity index (χ1) is 14.1. The van der Waals surface area contributed by atoms with Crippen LogP contribution >= 0.6 is 0 Å². The highest BCUT2D eigenvalue weighted by Gasteiger charge is 2.21. The monoisotopic (exact) mass is 393 g/mol. The first-order valence-corrected chi connectivity index (χ1v) is 9.70. The van der Waals surface area contributed by atoms with E-state index in [1.807, 2.05) is 42.2 Å². The van der Waals surface area contributed by atoms with E-state index in [-0.39, 0.29) is 18.3 Å². The molecule has 0 unspecified atom stereocenters. The quantitative estimate of drug-likeness (QED) is 0.584. The van der Waals surface area contributed by atoms with Crippen molar-refractivity contribution in [2.24, 2.45) is 4.99 Å². The number of nitrogens with one attached hydrogen (secondary N) is 2. The van der Waals surface area contributed by atoms with Crippen LogP contribution in [-0.4, -0.2) is 25.0 Å². The maximum Gasteiger partial charge on any atom is 0.227 e. The van der Waals surface area contributed by atoms with Gasteiger partial charge >= 0.3 is 0 Å². The van der Waals surface area contributed by atoms with Crippen LogP contribution in [0.15, 0.2) is 47.5 Å². The molecule has 0 aromatic heterocycles. The number of benzene rings is 2. The second-order valence-corrected chi connectivity index (χ2v) is 6.78. The Hall–Kier alpha value is -3.40. The van der Waals surface area contributed by atoms with Gasteiger partial charge in [-0.1, -0.05) is 12.1 Å². The summed E-state index contributed by atoms with van der Waals surface area (Å²) in [5.41, 5.74) is 2.75. The van der Waals surface area contributed by atoms with Crippen LogP contribution in [0, 0.1) is 17.1 Å². The molecule has 1 aliphatic rings. The molecule has 6 nitrogen and oxygen atoms in total. The van der Waals surface area contributed by atoms with Gasteiger partial charge in [-0.25, -0.2) is 9.38 Å². The molecule has 0 saturated carbocycles. The lowest BCUT2D eigenvalue weighted by Crippen LogP contribution is -2.37. The van der Waals surface area contributed by atoms with Gasteiger partial charge in [0.15, 0.2) is 5.96 Å². The number of nitriles is 1. The zero-order chi connectivity index (χ0) is 20.6. The highest BCUT2D eigenvalue weighted by atomic mass is 19.1. The molecule has 0 radical (unpaired) electrons. The Bertz CT molecular complexity index is 933. The first-order valence-electron chi connectivity index (χ1n) is 9.70. The molecule has 1 amide bonds. The number of carbonyl (C=O) groups is 1. The molecule has 0 aliphatic carbocycles. The Morgan fingerprint density at radius 2 is 2.03 bits per heavy atom. The summed E-state index contributed by atoms with van der Waals surface area (Å²) in [4.78, 5) is 18.2. The summed E-state index contributed by atoms with van der Waals surface area (Å²) in [6.07, 6.45) is 1.52. The highest BCUT2D eigenvalue weighted by Crippen LogP contribution is 2.21. The van der Waals surface area contributed by atoms with Gasteiger partial charge in [-0.15, -0.1) is 0 Å². The number of hydrogen-bond donors (Lipinski definition) is 2. The zero-order valence-corrected chi connectivity index (χ0v) is 16.4. The average Bonchev–Trinajstić information content (AvgIpc) is 3.17. The van der Waals surface area contributed by atoms with Crippen molar-refractivity contribution in [1.29, 1.82) is 5.26 Å². The third-order valence-corrected chi connectivity index (χ3v) is 4.71. The Kier molecular flexibility index (Phi) is 6.80. The molecule has 0 spiro atoms. The van der Waals surface area contributed by atoms with Crippen LogP contribution in [0.4, 0.5) is 10.1 Å². The average molecular weight is 393 g/mol. The van der Waals surface area contributed by atoms with Gasteiger partial charge in [0.2, 0.25) is 5.91 Å². The van der Waals surface area contributed by atoms with Crippen molar-refractivity contribution in [3.8, 4) is 6.07 Å². The van der Waals surface area contributed by atoms with Crippen LogP contribution < -0.4 is 15.5 Å². The number of hydrogen-bond acceptors (Lipinski definition) is 3. The van der Waals surface area contributed by atoms with E-state index in [9.17, 15) is 9.18 Å². The normalized spacial score (nSPS) is 14.0. The maximum atomic E-state index is 13.9. The number of amides is 1. The molecule has 3 rings (SSSR count). The molecule has 1 heterocycles. The third kappa shape index (κ3) is 5.32. The molecule has 1 saturated heterocycles. The van der Waals surface area contributed by atoms with E-state index in [4.69, 9.17) is 5.26 Å². The van der Waals surface area contributed by atoms with Gasteiger partial charge in [-0.2, -0.15) is 5.26 Å². The molecule has 2 aromatic rings. The summed E-state index contributed by atoms with van der Waals surface area (Å²) < 4.78 is 13.9. The molecule has 150 valence electrons. The molecule has 0 atom stereocenters. The van der Waals surface area contributed by atoms with E-state index >= 15 is 0 Å². The summed E-state index contributed by atoms with van der Waals surface area (Å²) in [6.45, 7) is 4.07. The van der Waals surface area contributed by atoms with E-state index in [0.717, 1.165) is 24.2 Å². The van der Waals surface area contributed by atoms with Crippen molar-refractivity contribution in [1.82, 2.24) is 10.6 Å². The van der Waals surface area contributed by atoms with Gasteiger partial charge in [-0.05, 0) is 49.2 Å². The molecule has 2 aromatic carbocycles. The summed E-state index contributed by atoms with van der Waals surface area (Å²) >= 11 is 0. The molecule has 1 aliphatic heterocycles. The van der Waals surface area contributed by atoms with Crippen LogP contribution in [0.3, 0.4) is 0 Å². The lowest BCUT2D eigenvalue weighted by Gasteiger charge is -2.16. The van der Waals surface area contributed by atoms with Crippen molar-refractivity contribution < 1.29 is 9.18 Å². The van der Waals surface area contributed by atoms with Crippen molar-refractivity contribution in [2.75, 3.05) is 18.0 Å². The van der Waals surface area contributed by atoms with Gasteiger partial charge in [0.1, 0.15) is 5.82 Å². The SMILES string of the molecule is CCNC(=NCc1ccc(N2CCCC2=O)cc1)NCc1cc(C#N)ccc1F. The number of nitrogens with zero attached hydrogens (tertiary/aromatic N) is 3. The maximum absolute atomic E-state index is 13.9. The number of carbonyl (C=O) groups excluding carboxylic acids is 1. The molecular formula is C22H24FN5O. The molecule has 2 N–H and O–H groups in total. The smallest absolute Gasteiger partial charge is 0.227 e. The van der Waals surface area contributed by atoms with E-state index in [1.165, 1.54) is 18.2 Å². The minimum atomic E-state index is -0.362. The van der Waals surface area contributed by atoms with Crippen LogP contribution in [0.1, 0.15) is 36.5 Å². The van der Waals surface area contributed by atoms with Gasteiger partial charge in [-0.3, -0.25) is 4.79 Å². The molecule has 0 bridgehead atoms. The Morgan fingerprint density at radius 1 is 1.24 bits per heavy atom. The fraction of sp³-hybridized carbons (Fsp3) is 0.318. The van der Waals surface area contributed by atoms with Crippen LogP contribution in [0.5, 0.6) is 0 Å². The summed E-state index contributed by atoms with van der Waals surface area (Å²) in [6, 6.07) is 14.1. The van der Waals surface area contributed by atoms with E-state index < -0.39 is 0 Å². The Balaban J connectivity index is 1.63. The van der Waals surface area contributed by atoms with Gasteiger partial charge in [0.05, 0.1) is 18.2 Å². The van der Waals surface area contributed by atoms with E-state index in [1.54, 1.807) is 0 Å². The lowest BCUT2D eigenvalue weighted by atomic mass is 10.1. The number of anilines is 1. The fourth-order valence-electron chi connectivity index (χ4n) is 3.17. The zero-order valence-electron chi connectivity index (χ0n) is 16.4. The third-order valence-electron chi connectivity index (χ3n) is 4.71. The summed E-state index contributed by atoms with van der Waals surface area (Å²) in [5, 5.41) is 15.2. The largest absolute Gasteiger partial charge is 0.357 e. The second kappa shape index (κ2) is 9.69. The summed E-state index contributed by atoms with van der Waals surface area (Å²) in [5.74, 6) is 0.370. The minimum Gasteiger partial charge on any atom is -0.357 e. The molecule has 29 heavy (non-hydrogen) atoms. The second-order valence-electron chi connectivity index (χ2n) is 6.78. The van der Waals surface area contributed by atoms with E-state index in [0.29, 0.717) is 36.6 Å². The molecule has 7 heteroatoms.